The van der Waals surface area contributed by atoms with Crippen molar-refractivity contribution in [3.05, 3.63) is 108 Å². The van der Waals surface area contributed by atoms with E-state index in [2.05, 4.69) is 131 Å². The average Bonchev–Trinajstić information content (AvgIpc) is 3.31. The van der Waals surface area contributed by atoms with E-state index >= 15 is 0 Å². The van der Waals surface area contributed by atoms with Crippen molar-refractivity contribution in [1.29, 1.82) is 0 Å². The molecule has 0 N–H and O–H groups in total. The summed E-state index contributed by atoms with van der Waals surface area (Å²) in [5, 5.41) is 0. The molecular weight excluding hydrogens is 699 g/mol. The Kier molecular flexibility index (Phi) is 14.5. The van der Waals surface area contributed by atoms with Crippen molar-refractivity contribution >= 4 is 24.5 Å². The van der Waals surface area contributed by atoms with Gasteiger partial charge in [0.1, 0.15) is 0 Å². The molecule has 0 aliphatic carbocycles. The first-order valence-corrected chi connectivity index (χ1v) is 26.3. The number of rotatable bonds is 18. The molecule has 2 atom stereocenters. The Hall–Kier alpha value is -2.35. The summed E-state index contributed by atoms with van der Waals surface area (Å²) in [4.78, 5) is 19.4. The van der Waals surface area contributed by atoms with Crippen LogP contribution in [-0.2, 0) is 22.6 Å². The summed E-state index contributed by atoms with van der Waals surface area (Å²) in [7, 11) is 0. The summed E-state index contributed by atoms with van der Waals surface area (Å²) >= 11 is -3.36. The maximum absolute atomic E-state index is 14.9. The van der Waals surface area contributed by atoms with Crippen LogP contribution in [-0.4, -0.2) is 56.3 Å². The van der Waals surface area contributed by atoms with Gasteiger partial charge in [-0.25, -0.2) is 0 Å². The fraction of sp³-hybridized carbons (Fsp3) is 0.548. The Morgan fingerprint density at radius 1 is 0.750 bits per heavy atom. The zero-order valence-corrected chi connectivity index (χ0v) is 33.8. The monoisotopic (exact) mass is 762 g/mol. The van der Waals surface area contributed by atoms with Crippen molar-refractivity contribution in [2.24, 2.45) is 0 Å². The van der Waals surface area contributed by atoms with Gasteiger partial charge in [0.25, 0.3) is 0 Å². The van der Waals surface area contributed by atoms with Gasteiger partial charge in [-0.05, 0) is 0 Å². The van der Waals surface area contributed by atoms with Crippen LogP contribution in [0.4, 0.5) is 4.79 Å². The Morgan fingerprint density at radius 3 is 1.58 bits per heavy atom. The first-order valence-electron chi connectivity index (χ1n) is 18.6. The van der Waals surface area contributed by atoms with Crippen molar-refractivity contribution in [1.82, 2.24) is 9.80 Å². The number of carbonyl (C=O) groups excluding carboxylic acids is 1. The number of ether oxygens (including phenoxy) is 2. The Balaban J connectivity index is 1.96. The van der Waals surface area contributed by atoms with Crippen LogP contribution in [0.3, 0.4) is 0 Å². The summed E-state index contributed by atoms with van der Waals surface area (Å²) in [6, 6.07) is 32.5. The van der Waals surface area contributed by atoms with Crippen LogP contribution in [0.1, 0.15) is 110 Å². The van der Waals surface area contributed by atoms with Crippen LogP contribution in [0.25, 0.3) is 0 Å². The molecule has 1 aliphatic heterocycles. The molecule has 1 saturated heterocycles. The van der Waals surface area contributed by atoms with Gasteiger partial charge in [0, 0.05) is 0 Å². The first kappa shape index (κ1) is 38.5. The van der Waals surface area contributed by atoms with E-state index in [4.69, 9.17) is 9.47 Å². The van der Waals surface area contributed by atoms with E-state index < -0.39 is 29.6 Å². The van der Waals surface area contributed by atoms with Crippen LogP contribution >= 0.6 is 0 Å². The van der Waals surface area contributed by atoms with Crippen molar-refractivity contribution in [2.45, 2.75) is 135 Å². The topological polar surface area (TPSA) is 42.0 Å². The molecule has 0 saturated carbocycles. The van der Waals surface area contributed by atoms with Crippen LogP contribution < -0.4 is 0 Å². The Bertz CT molecular complexity index is 1290. The predicted molar refractivity (Wildman–Crippen MR) is 202 cm³/mol. The van der Waals surface area contributed by atoms with Crippen molar-refractivity contribution < 1.29 is 14.3 Å². The molecule has 5 nitrogen and oxygen atoms in total. The summed E-state index contributed by atoms with van der Waals surface area (Å²) in [6.45, 7) is 17.2. The molecule has 0 bridgehead atoms. The molecular formula is C42H62N2O3Sn. The second-order valence-electron chi connectivity index (χ2n) is 15.1. The number of unbranched alkanes of at least 4 members (excludes halogenated alkanes) is 3. The molecule has 262 valence electrons. The third-order valence-electron chi connectivity index (χ3n) is 10.3. The molecule has 0 radical (unpaired) electrons. The van der Waals surface area contributed by atoms with Crippen LogP contribution in [0.5, 0.6) is 0 Å². The minimum atomic E-state index is -3.36. The van der Waals surface area contributed by atoms with Gasteiger partial charge in [-0.2, -0.15) is 0 Å². The van der Waals surface area contributed by atoms with E-state index in [0.29, 0.717) is 6.61 Å². The van der Waals surface area contributed by atoms with Crippen LogP contribution in [0, 0.1) is 0 Å². The van der Waals surface area contributed by atoms with Gasteiger partial charge >= 0.3 is 298 Å². The third-order valence-corrected chi connectivity index (χ3v) is 26.5. The Morgan fingerprint density at radius 2 is 1.19 bits per heavy atom. The molecule has 6 heteroatoms. The van der Waals surface area contributed by atoms with Gasteiger partial charge in [0.15, 0.2) is 0 Å². The summed E-state index contributed by atoms with van der Waals surface area (Å²) in [5.41, 5.74) is 2.58. The molecule has 0 unspecified atom stereocenters. The van der Waals surface area contributed by atoms with Crippen molar-refractivity contribution in [3.8, 4) is 0 Å². The normalized spacial score (nSPS) is 17.0. The van der Waals surface area contributed by atoms with E-state index in [1.54, 1.807) is 0 Å². The fourth-order valence-corrected chi connectivity index (χ4v) is 25.6. The van der Waals surface area contributed by atoms with Gasteiger partial charge < -0.3 is 0 Å². The zero-order chi connectivity index (χ0) is 34.6. The molecule has 4 rings (SSSR count). The summed E-state index contributed by atoms with van der Waals surface area (Å²) < 4.78 is 17.1. The van der Waals surface area contributed by atoms with Gasteiger partial charge in [-0.3, -0.25) is 0 Å². The number of nitrogens with zero attached hydrogens (tertiary/aromatic N) is 2. The minimum absolute atomic E-state index is 0.0772. The predicted octanol–water partition coefficient (Wildman–Crippen LogP) is 11.2. The van der Waals surface area contributed by atoms with E-state index in [1.165, 1.54) is 49.3 Å². The van der Waals surface area contributed by atoms with Crippen molar-refractivity contribution in [3.63, 3.8) is 0 Å². The maximum atomic E-state index is 14.9. The van der Waals surface area contributed by atoms with E-state index in [9.17, 15) is 4.79 Å². The SMILES string of the molecule is CCC[CH2][Sn]([CH2]CCC)([CH2]CCC)[C@@H](OC(=O)N1C(C)(C)COC1(C)C)[C@@H](c1ccccc1)N(Cc1ccccc1)Cc1ccccc1. The quantitative estimate of drug-likeness (QED) is 0.121. The molecule has 1 heterocycles. The fourth-order valence-electron chi connectivity index (χ4n) is 7.87. The standard InChI is InChI=1S/C30H35N2O3.3C4H9.Sn/c1-29(2)23-35-30(3,4)32(29)28(33)34-22-27(26-18-12-7-13-19-26)31(20-24-14-8-5-9-15-24)21-25-16-10-6-11-17-25;3*1-3-4-2;/h5-19,22,27H,20-21,23H2,1-4H3;3*1,3-4H2,2H3;/t27-;;;;/m0..../s1. The second-order valence-corrected chi connectivity index (χ2v) is 28.8. The number of carbonyl (C=O) groups is 1. The van der Waals surface area contributed by atoms with Gasteiger partial charge in [-0.15, -0.1) is 0 Å². The third kappa shape index (κ3) is 9.88. The van der Waals surface area contributed by atoms with Crippen LogP contribution in [0.2, 0.25) is 13.3 Å². The van der Waals surface area contributed by atoms with Gasteiger partial charge in [0.05, 0.1) is 0 Å². The molecule has 1 aliphatic rings. The van der Waals surface area contributed by atoms with E-state index in [1.807, 2.05) is 18.7 Å². The molecule has 48 heavy (non-hydrogen) atoms. The summed E-state index contributed by atoms with van der Waals surface area (Å²) in [6.07, 6.45) is 6.83. The molecule has 3 aromatic carbocycles. The molecule has 1 amide bonds. The number of amides is 1. The Labute approximate surface area is 296 Å². The number of hydrogen-bond acceptors (Lipinski definition) is 4. The van der Waals surface area contributed by atoms with E-state index in [0.717, 1.165) is 32.4 Å². The molecule has 0 aromatic heterocycles. The van der Waals surface area contributed by atoms with Gasteiger partial charge in [-0.1, -0.05) is 0 Å². The average molecular weight is 762 g/mol. The molecule has 3 aromatic rings. The first-order chi connectivity index (χ1) is 23.1. The van der Waals surface area contributed by atoms with Crippen molar-refractivity contribution in [2.75, 3.05) is 6.61 Å². The number of hydrogen-bond donors (Lipinski definition) is 0. The molecule has 0 spiro atoms. The second kappa shape index (κ2) is 18.1. The van der Waals surface area contributed by atoms with E-state index in [-0.39, 0.29) is 16.3 Å². The van der Waals surface area contributed by atoms with Gasteiger partial charge in [0.2, 0.25) is 0 Å². The zero-order valence-electron chi connectivity index (χ0n) is 30.9. The number of benzene rings is 3. The van der Waals surface area contributed by atoms with Crippen LogP contribution in [0.15, 0.2) is 91.0 Å². The molecule has 1 fully saturated rings. The summed E-state index contributed by atoms with van der Waals surface area (Å²) in [5.74, 6) is 0.